The number of benzene rings is 1. The summed E-state index contributed by atoms with van der Waals surface area (Å²) in [5.41, 5.74) is 0.895. The molecule has 1 heterocycles. The van der Waals surface area contributed by atoms with Crippen LogP contribution in [-0.2, 0) is 4.79 Å². The van der Waals surface area contributed by atoms with E-state index >= 15 is 0 Å². The van der Waals surface area contributed by atoms with E-state index in [1.54, 1.807) is 0 Å². The molecule has 0 saturated heterocycles. The van der Waals surface area contributed by atoms with Gasteiger partial charge in [-0.15, -0.1) is 0 Å². The molecule has 5 nitrogen and oxygen atoms in total. The van der Waals surface area contributed by atoms with Crippen LogP contribution in [0.3, 0.4) is 0 Å². The van der Waals surface area contributed by atoms with Gasteiger partial charge in [-0.05, 0) is 13.3 Å². The van der Waals surface area contributed by atoms with Crippen LogP contribution in [0.4, 0.5) is 0 Å². The van der Waals surface area contributed by atoms with E-state index in [1.807, 2.05) is 37.3 Å². The Bertz CT molecular complexity index is 551. The Morgan fingerprint density at radius 1 is 1.35 bits per heavy atom. The molecule has 1 amide bonds. The quantitative estimate of drug-likeness (QED) is 0.878. The highest BCUT2D eigenvalue weighted by Crippen LogP contribution is 2.18. The van der Waals surface area contributed by atoms with Crippen LogP contribution < -0.4 is 5.32 Å². The maximum absolute atomic E-state index is 11.7. The van der Waals surface area contributed by atoms with Crippen LogP contribution in [0, 0.1) is 0 Å². The zero-order chi connectivity index (χ0) is 14.4. The summed E-state index contributed by atoms with van der Waals surface area (Å²) in [7, 11) is 0. The normalized spacial score (nSPS) is 12.1. The molecule has 2 rings (SSSR count). The van der Waals surface area contributed by atoms with E-state index in [1.165, 1.54) is 0 Å². The fourth-order valence-corrected chi connectivity index (χ4v) is 1.83. The minimum atomic E-state index is -0.274. The highest BCUT2D eigenvalue weighted by atomic mass is 16.5. The third-order valence-corrected chi connectivity index (χ3v) is 2.98. The van der Waals surface area contributed by atoms with Gasteiger partial charge in [-0.2, -0.15) is 4.98 Å². The average Bonchev–Trinajstić information content (AvgIpc) is 2.96. The van der Waals surface area contributed by atoms with Crippen LogP contribution in [0.1, 0.15) is 45.0 Å². The number of carbonyl (C=O) groups excluding carboxylic acids is 1. The Hall–Kier alpha value is -2.17. The lowest BCUT2D eigenvalue weighted by Crippen LogP contribution is -2.26. The molecule has 1 unspecified atom stereocenters. The van der Waals surface area contributed by atoms with Crippen LogP contribution in [0.5, 0.6) is 0 Å². The van der Waals surface area contributed by atoms with Crippen LogP contribution in [0.2, 0.25) is 0 Å². The van der Waals surface area contributed by atoms with Gasteiger partial charge in [0.25, 0.3) is 0 Å². The first-order valence-corrected chi connectivity index (χ1v) is 6.89. The zero-order valence-corrected chi connectivity index (χ0v) is 11.8. The van der Waals surface area contributed by atoms with Crippen molar-refractivity contribution in [2.75, 3.05) is 0 Å². The minimum Gasteiger partial charge on any atom is -0.345 e. The molecule has 0 saturated carbocycles. The minimum absolute atomic E-state index is 0.0128. The number of hydrogen-bond acceptors (Lipinski definition) is 4. The number of hydrogen-bond donors (Lipinski definition) is 1. The second kappa shape index (κ2) is 6.84. The van der Waals surface area contributed by atoms with Gasteiger partial charge in [0, 0.05) is 12.0 Å². The monoisotopic (exact) mass is 273 g/mol. The zero-order valence-electron chi connectivity index (χ0n) is 11.8. The molecule has 0 fully saturated rings. The van der Waals surface area contributed by atoms with Crippen molar-refractivity contribution in [1.82, 2.24) is 15.5 Å². The fraction of sp³-hybridized carbons (Fsp3) is 0.400. The Balaban J connectivity index is 2.00. The van der Waals surface area contributed by atoms with Crippen molar-refractivity contribution in [3.63, 3.8) is 0 Å². The number of unbranched alkanes of at least 4 members (excludes halogenated alkanes) is 1. The summed E-state index contributed by atoms with van der Waals surface area (Å²) in [4.78, 5) is 16.0. The second-order valence-corrected chi connectivity index (χ2v) is 4.72. The summed E-state index contributed by atoms with van der Waals surface area (Å²) in [6, 6.07) is 9.33. The molecule has 20 heavy (non-hydrogen) atoms. The van der Waals surface area contributed by atoms with E-state index in [0.29, 0.717) is 18.1 Å². The molecule has 0 aliphatic carbocycles. The van der Waals surface area contributed by atoms with Gasteiger partial charge in [0.1, 0.15) is 6.04 Å². The van der Waals surface area contributed by atoms with Crippen molar-refractivity contribution in [3.8, 4) is 11.4 Å². The van der Waals surface area contributed by atoms with E-state index in [-0.39, 0.29) is 11.9 Å². The van der Waals surface area contributed by atoms with Crippen molar-refractivity contribution in [3.05, 3.63) is 36.2 Å². The van der Waals surface area contributed by atoms with Crippen molar-refractivity contribution in [1.29, 1.82) is 0 Å². The number of nitrogens with zero attached hydrogens (tertiary/aromatic N) is 2. The van der Waals surface area contributed by atoms with Crippen molar-refractivity contribution >= 4 is 5.91 Å². The third-order valence-electron chi connectivity index (χ3n) is 2.98. The van der Waals surface area contributed by atoms with E-state index in [9.17, 15) is 4.79 Å². The number of aromatic nitrogens is 2. The highest BCUT2D eigenvalue weighted by Gasteiger charge is 2.16. The molecule has 0 aliphatic heterocycles. The molecule has 2 aromatic rings. The topological polar surface area (TPSA) is 68.0 Å². The summed E-state index contributed by atoms with van der Waals surface area (Å²) in [5, 5.41) is 6.80. The number of rotatable bonds is 6. The summed E-state index contributed by atoms with van der Waals surface area (Å²) in [5.74, 6) is 0.975. The van der Waals surface area contributed by atoms with Gasteiger partial charge in [-0.3, -0.25) is 4.79 Å². The lowest BCUT2D eigenvalue weighted by molar-refractivity contribution is -0.122. The van der Waals surface area contributed by atoms with Gasteiger partial charge in [-0.25, -0.2) is 0 Å². The molecule has 1 aromatic heterocycles. The smallest absolute Gasteiger partial charge is 0.249 e. The second-order valence-electron chi connectivity index (χ2n) is 4.72. The maximum Gasteiger partial charge on any atom is 0.249 e. The number of amides is 1. The van der Waals surface area contributed by atoms with E-state index in [4.69, 9.17) is 4.52 Å². The first-order chi connectivity index (χ1) is 9.70. The van der Waals surface area contributed by atoms with Crippen LogP contribution >= 0.6 is 0 Å². The maximum atomic E-state index is 11.7. The Kier molecular flexibility index (Phi) is 4.87. The van der Waals surface area contributed by atoms with E-state index < -0.39 is 0 Å². The standard InChI is InChI=1S/C15H19N3O2/c1-3-4-10-13(19)16-11(2)15-17-14(18-20-15)12-8-6-5-7-9-12/h5-9,11H,3-4,10H2,1-2H3,(H,16,19). The molecule has 0 spiro atoms. The van der Waals surface area contributed by atoms with E-state index in [2.05, 4.69) is 22.4 Å². The molecule has 5 heteroatoms. The average molecular weight is 273 g/mol. The first-order valence-electron chi connectivity index (χ1n) is 6.89. The van der Waals surface area contributed by atoms with Crippen molar-refractivity contribution in [2.24, 2.45) is 0 Å². The van der Waals surface area contributed by atoms with Gasteiger partial charge in [0.2, 0.25) is 17.6 Å². The molecule has 106 valence electrons. The summed E-state index contributed by atoms with van der Waals surface area (Å²) >= 11 is 0. The molecular formula is C15H19N3O2. The molecule has 1 N–H and O–H groups in total. The largest absolute Gasteiger partial charge is 0.345 e. The molecule has 0 bridgehead atoms. The highest BCUT2D eigenvalue weighted by molar-refractivity contribution is 5.76. The predicted octanol–water partition coefficient (Wildman–Crippen LogP) is 3.10. The Labute approximate surface area is 118 Å². The van der Waals surface area contributed by atoms with Gasteiger partial charge in [-0.1, -0.05) is 48.8 Å². The van der Waals surface area contributed by atoms with Gasteiger partial charge in [0.15, 0.2) is 0 Å². The first kappa shape index (κ1) is 14.2. The molecule has 0 aliphatic rings. The fourth-order valence-electron chi connectivity index (χ4n) is 1.83. The van der Waals surface area contributed by atoms with Crippen LogP contribution in [0.15, 0.2) is 34.9 Å². The lowest BCUT2D eigenvalue weighted by Gasteiger charge is -2.08. The van der Waals surface area contributed by atoms with Gasteiger partial charge >= 0.3 is 0 Å². The molecule has 0 radical (unpaired) electrons. The van der Waals surface area contributed by atoms with Crippen molar-refractivity contribution in [2.45, 2.75) is 39.2 Å². The van der Waals surface area contributed by atoms with Gasteiger partial charge in [0.05, 0.1) is 0 Å². The molecule has 1 aromatic carbocycles. The Morgan fingerprint density at radius 3 is 2.80 bits per heavy atom. The predicted molar refractivity (Wildman–Crippen MR) is 75.8 cm³/mol. The van der Waals surface area contributed by atoms with Crippen molar-refractivity contribution < 1.29 is 9.32 Å². The summed E-state index contributed by atoms with van der Waals surface area (Å²) in [6.07, 6.45) is 2.42. The molecular weight excluding hydrogens is 254 g/mol. The number of nitrogens with one attached hydrogen (secondary N) is 1. The third kappa shape index (κ3) is 3.66. The van der Waals surface area contributed by atoms with Crippen LogP contribution in [0.25, 0.3) is 11.4 Å². The lowest BCUT2D eigenvalue weighted by atomic mass is 10.2. The number of carbonyl (C=O) groups is 1. The SMILES string of the molecule is CCCCC(=O)NC(C)c1nc(-c2ccccc2)no1. The summed E-state index contributed by atoms with van der Waals surface area (Å²) in [6.45, 7) is 3.90. The summed E-state index contributed by atoms with van der Waals surface area (Å²) < 4.78 is 5.21. The Morgan fingerprint density at radius 2 is 2.10 bits per heavy atom. The van der Waals surface area contributed by atoms with Crippen LogP contribution in [-0.4, -0.2) is 16.0 Å². The van der Waals surface area contributed by atoms with Gasteiger partial charge < -0.3 is 9.84 Å². The molecule has 1 atom stereocenters. The van der Waals surface area contributed by atoms with E-state index in [0.717, 1.165) is 18.4 Å².